The molecule has 0 aliphatic rings. The Morgan fingerprint density at radius 2 is 1.70 bits per heavy atom. The highest BCUT2D eigenvalue weighted by Gasteiger charge is 2.41. The van der Waals surface area contributed by atoms with Gasteiger partial charge in [0.15, 0.2) is 5.92 Å². The fraction of sp³-hybridized carbons (Fsp3) is 0.385. The second-order valence-electron chi connectivity index (χ2n) is 4.50. The number of ether oxygens (including phenoxy) is 2. The first-order chi connectivity index (χ1) is 10.8. The standard InChI is InChI=1S/C13H14N2O8/c1-22-12(16)11(13(17)23-2)10(7-14(18)19)8-4-3-5-9(6-8)15(20)21/h3-6,10-11H,7H2,1-2H3/t10-/m0/s1. The third-order valence-corrected chi connectivity index (χ3v) is 3.17. The minimum atomic E-state index is -1.60. The van der Waals surface area contributed by atoms with E-state index in [0.29, 0.717) is 0 Å². The molecule has 23 heavy (non-hydrogen) atoms. The minimum absolute atomic E-state index is 0.0942. The average molecular weight is 326 g/mol. The molecule has 0 amide bonds. The van der Waals surface area contributed by atoms with Gasteiger partial charge in [0, 0.05) is 17.1 Å². The molecule has 0 heterocycles. The second-order valence-corrected chi connectivity index (χ2v) is 4.50. The van der Waals surface area contributed by atoms with Crippen LogP contribution >= 0.6 is 0 Å². The Morgan fingerprint density at radius 3 is 2.13 bits per heavy atom. The van der Waals surface area contributed by atoms with Gasteiger partial charge in [-0.2, -0.15) is 0 Å². The molecule has 0 radical (unpaired) electrons. The van der Waals surface area contributed by atoms with E-state index in [2.05, 4.69) is 9.47 Å². The maximum absolute atomic E-state index is 11.8. The van der Waals surface area contributed by atoms with Gasteiger partial charge < -0.3 is 9.47 Å². The van der Waals surface area contributed by atoms with Crippen LogP contribution in [0.4, 0.5) is 5.69 Å². The molecule has 0 fully saturated rings. The number of nitro benzene ring substituents is 1. The van der Waals surface area contributed by atoms with E-state index >= 15 is 0 Å². The second kappa shape index (κ2) is 7.82. The summed E-state index contributed by atoms with van der Waals surface area (Å²) in [4.78, 5) is 44.0. The van der Waals surface area contributed by atoms with Crippen LogP contribution in [0.15, 0.2) is 24.3 Å². The zero-order valence-corrected chi connectivity index (χ0v) is 12.3. The summed E-state index contributed by atoms with van der Waals surface area (Å²) in [5.74, 6) is -4.90. The molecule has 10 heteroatoms. The van der Waals surface area contributed by atoms with Gasteiger partial charge >= 0.3 is 11.9 Å². The van der Waals surface area contributed by atoms with Crippen LogP contribution in [0.25, 0.3) is 0 Å². The Labute approximate surface area is 130 Å². The van der Waals surface area contributed by atoms with Gasteiger partial charge in [0.25, 0.3) is 5.69 Å². The minimum Gasteiger partial charge on any atom is -0.468 e. The van der Waals surface area contributed by atoms with Crippen molar-refractivity contribution in [2.45, 2.75) is 5.92 Å². The number of carbonyl (C=O) groups is 2. The van der Waals surface area contributed by atoms with E-state index in [-0.39, 0.29) is 11.3 Å². The number of hydrogen-bond acceptors (Lipinski definition) is 8. The summed E-state index contributed by atoms with van der Waals surface area (Å²) in [5, 5.41) is 21.7. The first kappa shape index (κ1) is 18.0. The van der Waals surface area contributed by atoms with E-state index in [1.165, 1.54) is 18.2 Å². The van der Waals surface area contributed by atoms with E-state index < -0.39 is 40.2 Å². The first-order valence-corrected chi connectivity index (χ1v) is 6.33. The molecule has 0 aliphatic heterocycles. The maximum atomic E-state index is 11.8. The third-order valence-electron chi connectivity index (χ3n) is 3.17. The van der Waals surface area contributed by atoms with Crippen LogP contribution in [0.2, 0.25) is 0 Å². The van der Waals surface area contributed by atoms with Crippen LogP contribution in [-0.4, -0.2) is 42.5 Å². The predicted octanol–water partition coefficient (Wildman–Crippen LogP) is 0.917. The number of benzene rings is 1. The largest absolute Gasteiger partial charge is 0.468 e. The number of carbonyl (C=O) groups excluding carboxylic acids is 2. The molecule has 0 saturated carbocycles. The molecule has 0 aromatic heterocycles. The Hall–Kier alpha value is -3.04. The van der Waals surface area contributed by atoms with Crippen molar-refractivity contribution in [2.24, 2.45) is 5.92 Å². The van der Waals surface area contributed by atoms with Gasteiger partial charge in [-0.05, 0) is 5.56 Å². The number of nitro groups is 2. The van der Waals surface area contributed by atoms with Crippen molar-refractivity contribution in [3.05, 3.63) is 50.1 Å². The van der Waals surface area contributed by atoms with Crippen molar-refractivity contribution in [1.29, 1.82) is 0 Å². The van der Waals surface area contributed by atoms with E-state index in [1.54, 1.807) is 0 Å². The van der Waals surface area contributed by atoms with Crippen LogP contribution < -0.4 is 0 Å². The predicted molar refractivity (Wildman–Crippen MR) is 75.2 cm³/mol. The monoisotopic (exact) mass is 326 g/mol. The number of esters is 2. The zero-order valence-electron chi connectivity index (χ0n) is 12.3. The average Bonchev–Trinajstić information content (AvgIpc) is 2.53. The molecule has 1 rings (SSSR count). The van der Waals surface area contributed by atoms with Crippen molar-refractivity contribution in [3.63, 3.8) is 0 Å². The summed E-state index contributed by atoms with van der Waals surface area (Å²) in [6.07, 6.45) is 0. The molecule has 1 aromatic carbocycles. The highest BCUT2D eigenvalue weighted by Crippen LogP contribution is 2.29. The maximum Gasteiger partial charge on any atom is 0.320 e. The number of rotatable bonds is 7. The lowest BCUT2D eigenvalue weighted by Crippen LogP contribution is -2.35. The van der Waals surface area contributed by atoms with E-state index in [1.807, 2.05) is 0 Å². The van der Waals surface area contributed by atoms with Gasteiger partial charge in [0.2, 0.25) is 6.54 Å². The van der Waals surface area contributed by atoms with Gasteiger partial charge in [-0.25, -0.2) is 0 Å². The highest BCUT2D eigenvalue weighted by atomic mass is 16.6. The molecule has 0 spiro atoms. The van der Waals surface area contributed by atoms with Gasteiger partial charge in [-0.1, -0.05) is 12.1 Å². The van der Waals surface area contributed by atoms with Crippen LogP contribution in [0, 0.1) is 26.1 Å². The summed E-state index contributed by atoms with van der Waals surface area (Å²) in [6, 6.07) is 4.94. The summed E-state index contributed by atoms with van der Waals surface area (Å²) >= 11 is 0. The fourth-order valence-electron chi connectivity index (χ4n) is 2.11. The van der Waals surface area contributed by atoms with Crippen molar-refractivity contribution in [2.75, 3.05) is 20.8 Å². The molecule has 0 N–H and O–H groups in total. The molecule has 124 valence electrons. The SMILES string of the molecule is COC(=O)C(C(=O)OC)[C@@H](C[N+](=O)[O-])c1cccc([N+](=O)[O-])c1. The quantitative estimate of drug-likeness (QED) is 0.312. The molecular formula is C13H14N2O8. The highest BCUT2D eigenvalue weighted by molar-refractivity contribution is 5.96. The fourth-order valence-corrected chi connectivity index (χ4v) is 2.11. The smallest absolute Gasteiger partial charge is 0.320 e. The van der Waals surface area contributed by atoms with Gasteiger partial charge in [0.1, 0.15) is 0 Å². The molecule has 1 aromatic rings. The molecule has 10 nitrogen and oxygen atoms in total. The normalized spacial score (nSPS) is 11.6. The summed E-state index contributed by atoms with van der Waals surface area (Å²) in [5.41, 5.74) is -0.221. The summed E-state index contributed by atoms with van der Waals surface area (Å²) in [7, 11) is 2.05. The Kier molecular flexibility index (Phi) is 6.13. The number of hydrogen-bond donors (Lipinski definition) is 0. The van der Waals surface area contributed by atoms with E-state index in [0.717, 1.165) is 20.3 Å². The number of methoxy groups -OCH3 is 2. The lowest BCUT2D eigenvalue weighted by molar-refractivity contribution is -0.484. The third kappa shape index (κ3) is 4.46. The molecule has 1 atom stereocenters. The van der Waals surface area contributed by atoms with Crippen molar-refractivity contribution >= 4 is 17.6 Å². The number of non-ortho nitro benzene ring substituents is 1. The Morgan fingerprint density at radius 1 is 1.13 bits per heavy atom. The Bertz CT molecular complexity index is 614. The molecular weight excluding hydrogens is 312 g/mol. The van der Waals surface area contributed by atoms with Crippen LogP contribution in [0.1, 0.15) is 11.5 Å². The molecule has 0 saturated heterocycles. The lowest BCUT2D eigenvalue weighted by atomic mass is 9.85. The van der Waals surface area contributed by atoms with Crippen LogP contribution in [0.5, 0.6) is 0 Å². The molecule has 0 bridgehead atoms. The van der Waals surface area contributed by atoms with Crippen LogP contribution in [0.3, 0.4) is 0 Å². The summed E-state index contributed by atoms with van der Waals surface area (Å²) in [6.45, 7) is -0.796. The van der Waals surface area contributed by atoms with Gasteiger partial charge in [-0.15, -0.1) is 0 Å². The number of nitrogens with zero attached hydrogens (tertiary/aromatic N) is 2. The van der Waals surface area contributed by atoms with Crippen molar-refractivity contribution < 1.29 is 28.9 Å². The zero-order chi connectivity index (χ0) is 17.6. The topological polar surface area (TPSA) is 139 Å². The van der Waals surface area contributed by atoms with E-state index in [9.17, 15) is 29.8 Å². The van der Waals surface area contributed by atoms with Crippen molar-refractivity contribution in [1.82, 2.24) is 0 Å². The summed E-state index contributed by atoms with van der Waals surface area (Å²) < 4.78 is 9.00. The van der Waals surface area contributed by atoms with Gasteiger partial charge in [-0.3, -0.25) is 29.8 Å². The lowest BCUT2D eigenvalue weighted by Gasteiger charge is -2.20. The molecule has 0 unspecified atom stereocenters. The van der Waals surface area contributed by atoms with Crippen LogP contribution in [-0.2, 0) is 19.1 Å². The van der Waals surface area contributed by atoms with Crippen molar-refractivity contribution in [3.8, 4) is 0 Å². The molecule has 0 aliphatic carbocycles. The van der Waals surface area contributed by atoms with E-state index in [4.69, 9.17) is 0 Å². The Balaban J connectivity index is 3.38. The van der Waals surface area contributed by atoms with Gasteiger partial charge in [0.05, 0.1) is 25.1 Å². The first-order valence-electron chi connectivity index (χ1n) is 6.33.